The van der Waals surface area contributed by atoms with Gasteiger partial charge in [-0.2, -0.15) is 0 Å². The minimum absolute atomic E-state index is 0.117. The molecule has 1 heterocycles. The maximum absolute atomic E-state index is 14.9. The zero-order chi connectivity index (χ0) is 32.4. The third-order valence-corrected chi connectivity index (χ3v) is 8.51. The number of amides is 1. The third-order valence-electron chi connectivity index (χ3n) is 8.51. The van der Waals surface area contributed by atoms with Gasteiger partial charge in [-0.25, -0.2) is 4.39 Å². The number of aliphatic hydroxyl groups is 1. The predicted molar refractivity (Wildman–Crippen MR) is 184 cm³/mol. The van der Waals surface area contributed by atoms with Gasteiger partial charge in [0.1, 0.15) is 5.83 Å². The van der Waals surface area contributed by atoms with Crippen LogP contribution in [0.15, 0.2) is 88.1 Å². The molecule has 3 rings (SSSR count). The van der Waals surface area contributed by atoms with Crippen LogP contribution < -0.4 is 10.2 Å². The Bertz CT molecular complexity index is 1400. The van der Waals surface area contributed by atoms with E-state index in [1.807, 2.05) is 70.0 Å². The zero-order valence-electron chi connectivity index (χ0n) is 28.0. The van der Waals surface area contributed by atoms with Crippen LogP contribution in [0, 0.1) is 5.92 Å². The number of rotatable bonds is 14. The lowest BCUT2D eigenvalue weighted by atomic mass is 9.76. The van der Waals surface area contributed by atoms with Crippen LogP contribution >= 0.6 is 0 Å². The molecule has 1 unspecified atom stereocenters. The lowest BCUT2D eigenvalue weighted by Crippen LogP contribution is -2.49. The van der Waals surface area contributed by atoms with Gasteiger partial charge in [0.2, 0.25) is 0 Å². The summed E-state index contributed by atoms with van der Waals surface area (Å²) in [7, 11) is 0. The van der Waals surface area contributed by atoms with Crippen LogP contribution in [0.5, 0.6) is 0 Å². The molecule has 2 aliphatic rings. The largest absolute Gasteiger partial charge is 0.375 e. The number of aliphatic imine (C=N–C) groups is 1. The molecule has 2 N–H and O–H groups in total. The van der Waals surface area contributed by atoms with Crippen molar-refractivity contribution in [1.29, 1.82) is 0 Å². The van der Waals surface area contributed by atoms with Crippen molar-refractivity contribution in [2.75, 3.05) is 4.90 Å². The molecule has 1 fully saturated rings. The van der Waals surface area contributed by atoms with E-state index in [0.717, 1.165) is 72.3 Å². The highest BCUT2D eigenvalue weighted by Crippen LogP contribution is 2.47. The number of fused-ring (bicyclic) bond motifs is 1. The fraction of sp³-hybridized carbons (Fsp3) is 0.474. The molecule has 0 saturated heterocycles. The van der Waals surface area contributed by atoms with Crippen molar-refractivity contribution < 1.29 is 14.3 Å². The normalized spacial score (nSPS) is 23.9. The van der Waals surface area contributed by atoms with Crippen molar-refractivity contribution in [3.8, 4) is 0 Å². The maximum Gasteiger partial charge on any atom is 0.263 e. The number of carbonyl (C=O) groups is 1. The van der Waals surface area contributed by atoms with E-state index in [4.69, 9.17) is 4.99 Å². The average molecular weight is 602 g/mol. The molecular weight excluding hydrogens is 549 g/mol. The van der Waals surface area contributed by atoms with Crippen molar-refractivity contribution in [3.63, 3.8) is 0 Å². The molecule has 1 aliphatic heterocycles. The Morgan fingerprint density at radius 1 is 1.14 bits per heavy atom. The molecular formula is C38H52FN3O2. The zero-order valence-corrected chi connectivity index (χ0v) is 28.0. The summed E-state index contributed by atoms with van der Waals surface area (Å²) in [6.45, 7) is 15.7. The van der Waals surface area contributed by atoms with E-state index in [0.29, 0.717) is 17.2 Å². The van der Waals surface area contributed by atoms with Crippen LogP contribution in [0.2, 0.25) is 0 Å². The lowest BCUT2D eigenvalue weighted by molar-refractivity contribution is -0.135. The lowest BCUT2D eigenvalue weighted by Gasteiger charge is -2.42. The molecule has 1 saturated carbocycles. The van der Waals surface area contributed by atoms with Crippen LogP contribution in [0.1, 0.15) is 111 Å². The smallest absolute Gasteiger partial charge is 0.263 e. The summed E-state index contributed by atoms with van der Waals surface area (Å²) in [6.07, 6.45) is 19.5. The van der Waals surface area contributed by atoms with Crippen molar-refractivity contribution >= 4 is 23.4 Å². The van der Waals surface area contributed by atoms with Gasteiger partial charge in [-0.3, -0.25) is 9.79 Å². The van der Waals surface area contributed by atoms with Gasteiger partial charge in [0.25, 0.3) is 5.91 Å². The topological polar surface area (TPSA) is 64.9 Å². The Labute approximate surface area is 264 Å². The first-order valence-corrected chi connectivity index (χ1v) is 16.3. The van der Waals surface area contributed by atoms with Crippen LogP contribution in [-0.2, 0) is 10.4 Å². The number of benzene rings is 1. The summed E-state index contributed by atoms with van der Waals surface area (Å²) in [5.41, 5.74) is 4.70. The summed E-state index contributed by atoms with van der Waals surface area (Å²) in [6, 6.07) is 6.05. The highest BCUT2D eigenvalue weighted by atomic mass is 19.1. The van der Waals surface area contributed by atoms with Crippen LogP contribution in [0.25, 0.3) is 5.57 Å². The number of hydrogen-bond donors (Lipinski definition) is 2. The second kappa shape index (κ2) is 16.0. The van der Waals surface area contributed by atoms with Gasteiger partial charge in [0.15, 0.2) is 5.60 Å². The first-order valence-electron chi connectivity index (χ1n) is 16.3. The van der Waals surface area contributed by atoms with Crippen molar-refractivity contribution in [2.24, 2.45) is 10.9 Å². The quantitative estimate of drug-likeness (QED) is 0.165. The molecule has 238 valence electrons. The number of carbonyl (C=O) groups excluding carboxylic acids is 1. The summed E-state index contributed by atoms with van der Waals surface area (Å²) < 4.78 is 14.9. The van der Waals surface area contributed by atoms with E-state index in [9.17, 15) is 14.3 Å². The Hall–Kier alpha value is -3.51. The SMILES string of the molecule is C\C=C/C(N/C(C)=C(C)/C(=C\C(=C\CC)c1ccc2c(c1)N(C1CC(CCC)C1)C(=O)C2(C)O)N=CCC)=C(F)\C=C\CC. The van der Waals surface area contributed by atoms with E-state index in [2.05, 4.69) is 31.3 Å². The molecule has 6 heteroatoms. The Balaban J connectivity index is 2.07. The molecule has 0 spiro atoms. The van der Waals surface area contributed by atoms with E-state index in [1.54, 1.807) is 19.1 Å². The number of anilines is 1. The van der Waals surface area contributed by atoms with Gasteiger partial charge in [-0.15, -0.1) is 0 Å². The van der Waals surface area contributed by atoms with E-state index < -0.39 is 5.60 Å². The second-order valence-electron chi connectivity index (χ2n) is 12.0. The number of nitrogens with zero attached hydrogens (tertiary/aromatic N) is 2. The molecule has 1 aliphatic carbocycles. The van der Waals surface area contributed by atoms with E-state index in [-0.39, 0.29) is 17.8 Å². The fourth-order valence-electron chi connectivity index (χ4n) is 5.91. The van der Waals surface area contributed by atoms with Gasteiger partial charge in [0.05, 0.1) is 17.1 Å². The minimum Gasteiger partial charge on any atom is -0.375 e. The molecule has 1 aromatic carbocycles. The van der Waals surface area contributed by atoms with Gasteiger partial charge in [-0.05, 0) is 107 Å². The number of allylic oxidation sites excluding steroid dienone is 10. The molecule has 1 atom stereocenters. The molecule has 1 aromatic rings. The summed E-state index contributed by atoms with van der Waals surface area (Å²) in [5.74, 6) is 0.0751. The van der Waals surface area contributed by atoms with Gasteiger partial charge in [-0.1, -0.05) is 70.9 Å². The highest BCUT2D eigenvalue weighted by molar-refractivity contribution is 6.07. The predicted octanol–water partition coefficient (Wildman–Crippen LogP) is 9.58. The van der Waals surface area contributed by atoms with Crippen LogP contribution in [0.4, 0.5) is 10.1 Å². The van der Waals surface area contributed by atoms with Gasteiger partial charge < -0.3 is 15.3 Å². The number of halogens is 1. The molecule has 0 bridgehead atoms. The fourth-order valence-corrected chi connectivity index (χ4v) is 5.91. The van der Waals surface area contributed by atoms with Gasteiger partial charge >= 0.3 is 0 Å². The van der Waals surface area contributed by atoms with Gasteiger partial charge in [0, 0.05) is 23.5 Å². The minimum atomic E-state index is -1.54. The maximum atomic E-state index is 14.9. The molecule has 44 heavy (non-hydrogen) atoms. The van der Waals surface area contributed by atoms with Crippen LogP contribution in [0.3, 0.4) is 0 Å². The summed E-state index contributed by atoms with van der Waals surface area (Å²) >= 11 is 0. The summed E-state index contributed by atoms with van der Waals surface area (Å²) in [4.78, 5) is 20.1. The highest BCUT2D eigenvalue weighted by Gasteiger charge is 2.50. The second-order valence-corrected chi connectivity index (χ2v) is 12.0. The van der Waals surface area contributed by atoms with Crippen molar-refractivity contribution in [2.45, 2.75) is 112 Å². The Morgan fingerprint density at radius 3 is 2.48 bits per heavy atom. The molecule has 5 nitrogen and oxygen atoms in total. The first kappa shape index (κ1) is 35.0. The van der Waals surface area contributed by atoms with Crippen molar-refractivity contribution in [1.82, 2.24) is 5.32 Å². The molecule has 0 radical (unpaired) electrons. The average Bonchev–Trinajstić information content (AvgIpc) is 3.18. The third kappa shape index (κ3) is 7.95. The van der Waals surface area contributed by atoms with E-state index in [1.165, 1.54) is 12.5 Å². The molecule has 0 aromatic heterocycles. The molecule has 1 amide bonds. The number of hydrogen-bond acceptors (Lipinski definition) is 4. The van der Waals surface area contributed by atoms with Crippen LogP contribution in [-0.4, -0.2) is 23.3 Å². The summed E-state index contributed by atoms with van der Waals surface area (Å²) in [5, 5.41) is 14.5. The number of nitrogens with one attached hydrogen (secondary N) is 1. The first-order chi connectivity index (χ1) is 21.0. The monoisotopic (exact) mass is 601 g/mol. The Morgan fingerprint density at radius 2 is 1.86 bits per heavy atom. The Kier molecular flexibility index (Phi) is 12.7. The van der Waals surface area contributed by atoms with E-state index >= 15 is 0 Å². The standard InChI is InChI=1S/C38H52FN3O2/c1-9-14-18-33(39)34(17-12-4)41-27(7)26(6)35(40-21-13-5)24-29(16-11-3)30-19-20-32-36(25-30)42(37(43)38(32,8)44)31-22-28(23-31)15-10-2/h12,14,16-21,24-25,28,31,41,44H,9-11,13,15,22-23H2,1-8H3/b17-12-,18-14+,27-26+,29-16-,34-33-,35-24+,40-21?. The van der Waals surface area contributed by atoms with Crippen molar-refractivity contribution in [3.05, 3.63) is 94.3 Å².